The third kappa shape index (κ3) is 0.939. The van der Waals surface area contributed by atoms with Gasteiger partial charge in [-0.1, -0.05) is 36.4 Å². The Morgan fingerprint density at radius 2 is 2.00 bits per heavy atom. The molecular formula is C12H11NO. The standard InChI is InChI=1S/C12H11NO/c14-12-8-10-6-7-11(13(10)12)9-4-2-1-3-5-9/h1-5,7,10H,6,8H2/t10-/m1/s1. The molecule has 0 N–H and O–H groups in total. The lowest BCUT2D eigenvalue weighted by Gasteiger charge is -2.36. The molecule has 1 atom stereocenters. The summed E-state index contributed by atoms with van der Waals surface area (Å²) < 4.78 is 0. The van der Waals surface area contributed by atoms with Gasteiger partial charge in [0.1, 0.15) is 0 Å². The largest absolute Gasteiger partial charge is 0.308 e. The molecule has 0 saturated carbocycles. The van der Waals surface area contributed by atoms with Crippen LogP contribution in [-0.2, 0) is 4.79 Å². The van der Waals surface area contributed by atoms with Crippen LogP contribution in [0, 0.1) is 0 Å². The fraction of sp³-hybridized carbons (Fsp3) is 0.250. The second-order valence-electron chi connectivity index (χ2n) is 3.81. The van der Waals surface area contributed by atoms with E-state index in [0.717, 1.165) is 24.1 Å². The number of hydrogen-bond donors (Lipinski definition) is 0. The Hall–Kier alpha value is -1.57. The predicted octanol–water partition coefficient (Wildman–Crippen LogP) is 2.03. The van der Waals surface area contributed by atoms with Crippen LogP contribution in [-0.4, -0.2) is 16.8 Å². The molecule has 3 rings (SSSR count). The van der Waals surface area contributed by atoms with Crippen LogP contribution in [0.3, 0.4) is 0 Å². The lowest BCUT2D eigenvalue weighted by molar-refractivity contribution is -0.139. The van der Waals surface area contributed by atoms with Gasteiger partial charge < -0.3 is 4.90 Å². The molecular weight excluding hydrogens is 174 g/mol. The van der Waals surface area contributed by atoms with Crippen molar-refractivity contribution < 1.29 is 4.79 Å². The highest BCUT2D eigenvalue weighted by molar-refractivity contribution is 5.94. The van der Waals surface area contributed by atoms with E-state index in [-0.39, 0.29) is 5.91 Å². The van der Waals surface area contributed by atoms with Crippen LogP contribution in [0.15, 0.2) is 36.4 Å². The highest BCUT2D eigenvalue weighted by atomic mass is 16.2. The lowest BCUT2D eigenvalue weighted by atomic mass is 10.0. The first-order valence-corrected chi connectivity index (χ1v) is 4.94. The summed E-state index contributed by atoms with van der Waals surface area (Å²) in [5.74, 6) is 0.266. The molecule has 2 heteroatoms. The predicted molar refractivity (Wildman–Crippen MR) is 54.3 cm³/mol. The number of carbonyl (C=O) groups excluding carboxylic acids is 1. The highest BCUT2D eigenvalue weighted by Crippen LogP contribution is 2.38. The minimum Gasteiger partial charge on any atom is -0.308 e. The molecule has 1 aromatic carbocycles. The van der Waals surface area contributed by atoms with Gasteiger partial charge in [0.2, 0.25) is 5.91 Å². The average molecular weight is 185 g/mol. The lowest BCUT2D eigenvalue weighted by Crippen LogP contribution is -2.47. The number of carbonyl (C=O) groups is 1. The van der Waals surface area contributed by atoms with Crippen LogP contribution in [0.2, 0.25) is 0 Å². The van der Waals surface area contributed by atoms with Gasteiger partial charge in [-0.3, -0.25) is 4.79 Å². The molecule has 1 amide bonds. The maximum atomic E-state index is 11.4. The normalized spacial score (nSPS) is 24.3. The minimum atomic E-state index is 0.266. The molecule has 1 aromatic rings. The fourth-order valence-electron chi connectivity index (χ4n) is 2.21. The summed E-state index contributed by atoms with van der Waals surface area (Å²) >= 11 is 0. The Morgan fingerprint density at radius 1 is 1.21 bits per heavy atom. The van der Waals surface area contributed by atoms with E-state index in [9.17, 15) is 4.79 Å². The van der Waals surface area contributed by atoms with Crippen molar-refractivity contribution >= 4 is 11.6 Å². The van der Waals surface area contributed by atoms with Gasteiger partial charge >= 0.3 is 0 Å². The van der Waals surface area contributed by atoms with Crippen LogP contribution in [0.25, 0.3) is 5.70 Å². The second-order valence-corrected chi connectivity index (χ2v) is 3.81. The number of β-lactam (4-membered cyclic amide) rings is 1. The summed E-state index contributed by atoms with van der Waals surface area (Å²) in [6.45, 7) is 0. The van der Waals surface area contributed by atoms with Gasteiger partial charge in [0.15, 0.2) is 0 Å². The van der Waals surface area contributed by atoms with Gasteiger partial charge in [-0.25, -0.2) is 0 Å². The van der Waals surface area contributed by atoms with Crippen molar-refractivity contribution in [2.75, 3.05) is 0 Å². The summed E-state index contributed by atoms with van der Waals surface area (Å²) in [7, 11) is 0. The number of benzene rings is 1. The molecule has 2 heterocycles. The minimum absolute atomic E-state index is 0.266. The molecule has 0 spiro atoms. The number of fused-ring (bicyclic) bond motifs is 1. The van der Waals surface area contributed by atoms with Gasteiger partial charge in [-0.05, 0) is 12.0 Å². The number of rotatable bonds is 1. The average Bonchev–Trinajstić information content (AvgIpc) is 2.56. The zero-order valence-electron chi connectivity index (χ0n) is 7.81. The molecule has 14 heavy (non-hydrogen) atoms. The van der Waals surface area contributed by atoms with E-state index in [1.54, 1.807) is 0 Å². The van der Waals surface area contributed by atoms with Crippen molar-refractivity contribution in [3.05, 3.63) is 42.0 Å². The SMILES string of the molecule is O=C1C[C@H]2CC=C(c3ccccc3)N12. The Morgan fingerprint density at radius 3 is 2.71 bits per heavy atom. The third-order valence-electron chi connectivity index (χ3n) is 2.96. The van der Waals surface area contributed by atoms with Gasteiger partial charge in [0, 0.05) is 18.2 Å². The third-order valence-corrected chi connectivity index (χ3v) is 2.96. The first-order valence-electron chi connectivity index (χ1n) is 4.94. The van der Waals surface area contributed by atoms with Crippen molar-refractivity contribution in [2.45, 2.75) is 18.9 Å². The summed E-state index contributed by atoms with van der Waals surface area (Å²) in [5, 5.41) is 0. The van der Waals surface area contributed by atoms with Crippen molar-refractivity contribution in [1.29, 1.82) is 0 Å². The van der Waals surface area contributed by atoms with Crippen LogP contribution in [0.1, 0.15) is 18.4 Å². The van der Waals surface area contributed by atoms with Crippen molar-refractivity contribution in [1.82, 2.24) is 4.90 Å². The van der Waals surface area contributed by atoms with Gasteiger partial charge in [-0.2, -0.15) is 0 Å². The van der Waals surface area contributed by atoms with E-state index in [4.69, 9.17) is 0 Å². The number of nitrogens with zero attached hydrogens (tertiary/aromatic N) is 1. The van der Waals surface area contributed by atoms with Crippen LogP contribution in [0.5, 0.6) is 0 Å². The number of hydrogen-bond acceptors (Lipinski definition) is 1. The molecule has 0 aromatic heterocycles. The maximum absolute atomic E-state index is 11.4. The van der Waals surface area contributed by atoms with E-state index in [1.165, 1.54) is 0 Å². The van der Waals surface area contributed by atoms with E-state index in [0.29, 0.717) is 6.04 Å². The quantitative estimate of drug-likeness (QED) is 0.613. The van der Waals surface area contributed by atoms with E-state index in [1.807, 2.05) is 23.1 Å². The molecule has 70 valence electrons. The first-order chi connectivity index (χ1) is 6.86. The smallest absolute Gasteiger partial charge is 0.229 e. The molecule has 1 fully saturated rings. The second kappa shape index (κ2) is 2.71. The zero-order valence-corrected chi connectivity index (χ0v) is 7.81. The van der Waals surface area contributed by atoms with Crippen molar-refractivity contribution in [3.63, 3.8) is 0 Å². The Labute approximate surface area is 82.8 Å². The van der Waals surface area contributed by atoms with Gasteiger partial charge in [0.25, 0.3) is 0 Å². The molecule has 2 aliphatic heterocycles. The molecule has 2 aliphatic rings. The Bertz CT molecular complexity index is 408. The Balaban J connectivity index is 1.97. The van der Waals surface area contributed by atoms with Crippen LogP contribution >= 0.6 is 0 Å². The molecule has 0 bridgehead atoms. The van der Waals surface area contributed by atoms with Crippen LogP contribution in [0.4, 0.5) is 0 Å². The molecule has 1 saturated heterocycles. The summed E-state index contributed by atoms with van der Waals surface area (Å²) in [6.07, 6.45) is 3.92. The van der Waals surface area contributed by atoms with E-state index >= 15 is 0 Å². The van der Waals surface area contributed by atoms with Crippen molar-refractivity contribution in [3.8, 4) is 0 Å². The van der Waals surface area contributed by atoms with E-state index in [2.05, 4.69) is 18.2 Å². The topological polar surface area (TPSA) is 20.3 Å². The molecule has 0 radical (unpaired) electrons. The summed E-state index contributed by atoms with van der Waals surface area (Å²) in [5.41, 5.74) is 2.26. The van der Waals surface area contributed by atoms with Gasteiger partial charge in [0.05, 0.1) is 0 Å². The first kappa shape index (κ1) is 7.80. The summed E-state index contributed by atoms with van der Waals surface area (Å²) in [4.78, 5) is 13.3. The Kier molecular flexibility index (Phi) is 1.51. The maximum Gasteiger partial charge on any atom is 0.229 e. The number of amides is 1. The van der Waals surface area contributed by atoms with Gasteiger partial charge in [-0.15, -0.1) is 0 Å². The summed E-state index contributed by atoms with van der Waals surface area (Å²) in [6, 6.07) is 10.6. The van der Waals surface area contributed by atoms with Crippen molar-refractivity contribution in [2.24, 2.45) is 0 Å². The zero-order chi connectivity index (χ0) is 9.54. The highest BCUT2D eigenvalue weighted by Gasteiger charge is 2.41. The fourth-order valence-corrected chi connectivity index (χ4v) is 2.21. The molecule has 0 aliphatic carbocycles. The molecule has 0 unspecified atom stereocenters. The van der Waals surface area contributed by atoms with Crippen LogP contribution < -0.4 is 0 Å². The van der Waals surface area contributed by atoms with E-state index < -0.39 is 0 Å². The monoisotopic (exact) mass is 185 g/mol. The molecule has 2 nitrogen and oxygen atoms in total.